The average molecular weight is 461 g/mol. The number of nitrogens with one attached hydrogen (secondary N) is 2. The van der Waals surface area contributed by atoms with Gasteiger partial charge in [-0.3, -0.25) is 4.79 Å². The van der Waals surface area contributed by atoms with Crippen LogP contribution in [0.4, 0.5) is 0 Å². The maximum atomic E-state index is 12.8. The lowest BCUT2D eigenvalue weighted by Crippen LogP contribution is -2.28. The molecule has 0 bridgehead atoms. The first-order valence-electron chi connectivity index (χ1n) is 11.3. The molecule has 4 rings (SSSR count). The molecule has 5 heteroatoms. The summed E-state index contributed by atoms with van der Waals surface area (Å²) in [7, 11) is 0. The molecule has 1 heterocycles. The molecule has 0 aliphatic carbocycles. The molecular formula is C28H29ClN2O2. The highest BCUT2D eigenvalue weighted by molar-refractivity contribution is 6.31. The zero-order valence-corrected chi connectivity index (χ0v) is 19.7. The molecule has 33 heavy (non-hydrogen) atoms. The summed E-state index contributed by atoms with van der Waals surface area (Å²) in [6.45, 7) is 5.33. The lowest BCUT2D eigenvalue weighted by atomic mass is 9.87. The van der Waals surface area contributed by atoms with E-state index < -0.39 is 0 Å². The van der Waals surface area contributed by atoms with Crippen LogP contribution in [0.2, 0.25) is 5.02 Å². The number of hydrogen-bond donors (Lipinski definition) is 2. The van der Waals surface area contributed by atoms with Crippen LogP contribution in [-0.2, 0) is 11.4 Å². The molecule has 170 valence electrons. The maximum absolute atomic E-state index is 12.8. The number of carbonyl (C=O) groups excluding carboxylic acids is 1. The molecule has 0 radical (unpaired) electrons. The number of H-pyrrole nitrogens is 1. The Hall–Kier alpha value is -3.24. The van der Waals surface area contributed by atoms with Crippen molar-refractivity contribution >= 4 is 28.4 Å². The number of carbonyl (C=O) groups is 1. The summed E-state index contributed by atoms with van der Waals surface area (Å²) < 4.78 is 6.06. The number of benzene rings is 3. The molecule has 4 nitrogen and oxygen atoms in total. The van der Waals surface area contributed by atoms with E-state index in [-0.39, 0.29) is 11.8 Å². The summed E-state index contributed by atoms with van der Waals surface area (Å²) >= 11 is 6.30. The second-order valence-electron chi connectivity index (χ2n) is 8.74. The van der Waals surface area contributed by atoms with Crippen molar-refractivity contribution in [2.75, 3.05) is 6.54 Å². The highest BCUT2D eigenvalue weighted by Crippen LogP contribution is 2.36. The van der Waals surface area contributed by atoms with Gasteiger partial charge in [-0.1, -0.05) is 67.9 Å². The second kappa shape index (κ2) is 10.6. The number of hydrogen-bond acceptors (Lipinski definition) is 2. The van der Waals surface area contributed by atoms with Gasteiger partial charge >= 0.3 is 0 Å². The predicted molar refractivity (Wildman–Crippen MR) is 135 cm³/mol. The Morgan fingerprint density at radius 2 is 1.85 bits per heavy atom. The van der Waals surface area contributed by atoms with Gasteiger partial charge in [-0.2, -0.15) is 0 Å². The Morgan fingerprint density at radius 1 is 1.03 bits per heavy atom. The number of halogens is 1. The van der Waals surface area contributed by atoms with Crippen LogP contribution in [0.25, 0.3) is 10.9 Å². The minimum atomic E-state index is -0.135. The second-order valence-corrected chi connectivity index (χ2v) is 9.17. The first kappa shape index (κ1) is 22.9. The first-order chi connectivity index (χ1) is 16.0. The predicted octanol–water partition coefficient (Wildman–Crippen LogP) is 6.69. The number of ether oxygens (including phenoxy) is 1. The Labute approximate surface area is 199 Å². The SMILES string of the molecule is CC(C)CNC(=O)C[C@@H](c1cccc(OCc2ccccc2)c1)c1c[nH]c2ccc(Cl)cc12. The Kier molecular flexibility index (Phi) is 7.36. The van der Waals surface area contributed by atoms with Crippen molar-refractivity contribution in [1.29, 1.82) is 0 Å². The molecule has 0 saturated heterocycles. The van der Waals surface area contributed by atoms with Crippen molar-refractivity contribution in [1.82, 2.24) is 10.3 Å². The van der Waals surface area contributed by atoms with Crippen molar-refractivity contribution in [3.63, 3.8) is 0 Å². The zero-order chi connectivity index (χ0) is 23.2. The molecule has 4 aromatic rings. The minimum absolute atomic E-state index is 0.0284. The number of aromatic nitrogens is 1. The average Bonchev–Trinajstić information content (AvgIpc) is 3.23. The molecule has 0 spiro atoms. The molecule has 2 N–H and O–H groups in total. The van der Waals surface area contributed by atoms with E-state index in [1.165, 1.54) is 0 Å². The van der Waals surface area contributed by atoms with Crippen molar-refractivity contribution in [3.05, 3.63) is 101 Å². The molecule has 0 aliphatic heterocycles. The van der Waals surface area contributed by atoms with E-state index in [0.29, 0.717) is 30.5 Å². The summed E-state index contributed by atoms with van der Waals surface area (Å²) in [5.41, 5.74) is 4.19. The zero-order valence-electron chi connectivity index (χ0n) is 19.0. The summed E-state index contributed by atoms with van der Waals surface area (Å²) in [4.78, 5) is 16.2. The van der Waals surface area contributed by atoms with Crippen LogP contribution in [0.15, 0.2) is 79.0 Å². The van der Waals surface area contributed by atoms with Crippen molar-refractivity contribution in [2.45, 2.75) is 32.8 Å². The number of rotatable bonds is 9. The Balaban J connectivity index is 1.64. The first-order valence-corrected chi connectivity index (χ1v) is 11.7. The summed E-state index contributed by atoms with van der Waals surface area (Å²) in [5, 5.41) is 4.76. The van der Waals surface area contributed by atoms with Crippen molar-refractivity contribution in [3.8, 4) is 5.75 Å². The third-order valence-electron chi connectivity index (χ3n) is 5.66. The molecule has 0 aliphatic rings. The van der Waals surface area contributed by atoms with Crippen LogP contribution in [0, 0.1) is 5.92 Å². The molecule has 1 amide bonds. The van der Waals surface area contributed by atoms with E-state index in [2.05, 4.69) is 30.2 Å². The third kappa shape index (κ3) is 5.96. The van der Waals surface area contributed by atoms with Gasteiger partial charge in [0.15, 0.2) is 0 Å². The van der Waals surface area contributed by atoms with Gasteiger partial charge < -0.3 is 15.0 Å². The van der Waals surface area contributed by atoms with Gasteiger partial charge in [0.25, 0.3) is 0 Å². The number of aromatic amines is 1. The van der Waals surface area contributed by atoms with E-state index in [0.717, 1.165) is 33.3 Å². The number of fused-ring (bicyclic) bond motifs is 1. The molecule has 0 fully saturated rings. The van der Waals surface area contributed by atoms with Gasteiger partial charge in [0.2, 0.25) is 5.91 Å². The fraction of sp³-hybridized carbons (Fsp3) is 0.250. The van der Waals surface area contributed by atoms with Gasteiger partial charge in [-0.25, -0.2) is 0 Å². The van der Waals surface area contributed by atoms with E-state index >= 15 is 0 Å². The van der Waals surface area contributed by atoms with Gasteiger partial charge in [-0.15, -0.1) is 0 Å². The smallest absolute Gasteiger partial charge is 0.220 e. The maximum Gasteiger partial charge on any atom is 0.220 e. The highest BCUT2D eigenvalue weighted by atomic mass is 35.5. The molecule has 1 atom stereocenters. The minimum Gasteiger partial charge on any atom is -0.489 e. The van der Waals surface area contributed by atoms with Crippen LogP contribution in [-0.4, -0.2) is 17.4 Å². The Morgan fingerprint density at radius 3 is 2.64 bits per heavy atom. The molecule has 0 saturated carbocycles. The lowest BCUT2D eigenvalue weighted by Gasteiger charge is -2.19. The van der Waals surface area contributed by atoms with E-state index in [9.17, 15) is 4.79 Å². The van der Waals surface area contributed by atoms with Crippen LogP contribution >= 0.6 is 11.6 Å². The molecular weight excluding hydrogens is 432 g/mol. The van der Waals surface area contributed by atoms with Crippen LogP contribution in [0.1, 0.15) is 42.9 Å². The fourth-order valence-corrected chi connectivity index (χ4v) is 4.12. The van der Waals surface area contributed by atoms with E-state index in [4.69, 9.17) is 16.3 Å². The van der Waals surface area contributed by atoms with E-state index in [1.807, 2.05) is 72.9 Å². The standard InChI is InChI=1S/C28H29ClN2O2/c1-19(2)16-31-28(32)15-24(26-17-30-27-12-11-22(29)14-25(26)27)21-9-6-10-23(13-21)33-18-20-7-4-3-5-8-20/h3-14,17,19,24,30H,15-16,18H2,1-2H3,(H,31,32)/t24-/m0/s1. The third-order valence-corrected chi connectivity index (χ3v) is 5.89. The molecule has 1 aromatic heterocycles. The summed E-state index contributed by atoms with van der Waals surface area (Å²) in [6, 6.07) is 23.9. The normalized spacial score (nSPS) is 12.1. The largest absolute Gasteiger partial charge is 0.489 e. The quantitative estimate of drug-likeness (QED) is 0.292. The van der Waals surface area contributed by atoms with Crippen LogP contribution in [0.5, 0.6) is 5.75 Å². The monoisotopic (exact) mass is 460 g/mol. The molecule has 3 aromatic carbocycles. The summed E-state index contributed by atoms with van der Waals surface area (Å²) in [5.74, 6) is 1.07. The van der Waals surface area contributed by atoms with Crippen LogP contribution < -0.4 is 10.1 Å². The topological polar surface area (TPSA) is 54.1 Å². The number of amides is 1. The Bertz CT molecular complexity index is 1220. The van der Waals surface area contributed by atoms with E-state index in [1.54, 1.807) is 0 Å². The van der Waals surface area contributed by atoms with Gasteiger partial charge in [0.05, 0.1) is 0 Å². The van der Waals surface area contributed by atoms with Crippen molar-refractivity contribution in [2.24, 2.45) is 5.92 Å². The summed E-state index contributed by atoms with van der Waals surface area (Å²) in [6.07, 6.45) is 2.33. The van der Waals surface area contributed by atoms with Crippen LogP contribution in [0.3, 0.4) is 0 Å². The highest BCUT2D eigenvalue weighted by Gasteiger charge is 2.22. The van der Waals surface area contributed by atoms with Crippen molar-refractivity contribution < 1.29 is 9.53 Å². The molecule has 0 unspecified atom stereocenters. The fourth-order valence-electron chi connectivity index (χ4n) is 3.95. The van der Waals surface area contributed by atoms with Gasteiger partial charge in [0.1, 0.15) is 12.4 Å². The van der Waals surface area contributed by atoms with Gasteiger partial charge in [0, 0.05) is 41.0 Å². The van der Waals surface area contributed by atoms with Gasteiger partial charge in [-0.05, 0) is 52.9 Å². The lowest BCUT2D eigenvalue weighted by molar-refractivity contribution is -0.121.